The Balaban J connectivity index is 2.15. The zero-order valence-electron chi connectivity index (χ0n) is 10.2. The molecule has 98 valence electrons. The van der Waals surface area contributed by atoms with Crippen LogP contribution < -0.4 is 5.32 Å². The number of nitrogens with zero attached hydrogens (tertiary/aromatic N) is 2. The highest BCUT2D eigenvalue weighted by atomic mass is 16.4. The van der Waals surface area contributed by atoms with E-state index in [1.54, 1.807) is 0 Å². The van der Waals surface area contributed by atoms with Gasteiger partial charge in [0, 0.05) is 6.20 Å². The molecule has 1 aromatic rings. The zero-order valence-corrected chi connectivity index (χ0v) is 10.2. The molecule has 2 rings (SSSR count). The first-order chi connectivity index (χ1) is 9.07. The van der Waals surface area contributed by atoms with Crippen LogP contribution in [0.5, 0.6) is 0 Å². The molecule has 0 aliphatic heterocycles. The molecule has 6 nitrogen and oxygen atoms in total. The number of carboxylic acids is 1. The molecule has 0 spiro atoms. The van der Waals surface area contributed by atoms with Gasteiger partial charge in [-0.05, 0) is 25.0 Å². The summed E-state index contributed by atoms with van der Waals surface area (Å²) in [5.41, 5.74) is -0.705. The molecular formula is C13H13N3O3. The van der Waals surface area contributed by atoms with Crippen molar-refractivity contribution < 1.29 is 14.7 Å². The highest BCUT2D eigenvalue weighted by Crippen LogP contribution is 2.30. The number of hydrogen-bond acceptors (Lipinski definition) is 4. The van der Waals surface area contributed by atoms with E-state index in [0.717, 1.165) is 12.8 Å². The lowest BCUT2D eigenvalue weighted by atomic mass is 9.97. The topological polar surface area (TPSA) is 103 Å². The first-order valence-electron chi connectivity index (χ1n) is 5.99. The van der Waals surface area contributed by atoms with E-state index in [1.165, 1.54) is 18.3 Å². The number of amides is 1. The number of carboxylic acid groups (broad SMARTS) is 1. The minimum atomic E-state index is -1.17. The van der Waals surface area contributed by atoms with Gasteiger partial charge in [0.25, 0.3) is 5.91 Å². The van der Waals surface area contributed by atoms with Crippen molar-refractivity contribution in [1.82, 2.24) is 10.3 Å². The van der Waals surface area contributed by atoms with Crippen molar-refractivity contribution in [2.45, 2.75) is 31.2 Å². The summed E-state index contributed by atoms with van der Waals surface area (Å²) in [6.07, 6.45) is 3.73. The van der Waals surface area contributed by atoms with Crippen molar-refractivity contribution >= 4 is 11.9 Å². The third-order valence-corrected chi connectivity index (χ3v) is 3.34. The SMILES string of the molecule is N#Cc1ccc(C(=O)NC2(C(=O)O)CCCC2)nc1. The van der Waals surface area contributed by atoms with Crippen LogP contribution in [-0.4, -0.2) is 27.5 Å². The van der Waals surface area contributed by atoms with Gasteiger partial charge in [0.05, 0.1) is 5.56 Å². The first-order valence-corrected chi connectivity index (χ1v) is 5.99. The number of aromatic nitrogens is 1. The maximum atomic E-state index is 12.0. The average molecular weight is 259 g/mol. The molecule has 6 heteroatoms. The first kappa shape index (κ1) is 13.0. The highest BCUT2D eigenvalue weighted by Gasteiger charge is 2.42. The lowest BCUT2D eigenvalue weighted by molar-refractivity contribution is -0.144. The van der Waals surface area contributed by atoms with Crippen LogP contribution >= 0.6 is 0 Å². The van der Waals surface area contributed by atoms with E-state index in [1.807, 2.05) is 6.07 Å². The molecule has 1 aliphatic carbocycles. The van der Waals surface area contributed by atoms with E-state index < -0.39 is 17.4 Å². The monoisotopic (exact) mass is 259 g/mol. The number of pyridine rings is 1. The number of aliphatic carboxylic acids is 1. The van der Waals surface area contributed by atoms with Gasteiger partial charge in [0.2, 0.25) is 0 Å². The van der Waals surface area contributed by atoms with Crippen LogP contribution in [-0.2, 0) is 4.79 Å². The summed E-state index contributed by atoms with van der Waals surface area (Å²) < 4.78 is 0. The summed E-state index contributed by atoms with van der Waals surface area (Å²) in [5, 5.41) is 20.5. The van der Waals surface area contributed by atoms with Gasteiger partial charge in [-0.25, -0.2) is 9.78 Å². The molecule has 0 bridgehead atoms. The van der Waals surface area contributed by atoms with E-state index in [9.17, 15) is 14.7 Å². The van der Waals surface area contributed by atoms with E-state index in [2.05, 4.69) is 10.3 Å². The van der Waals surface area contributed by atoms with Gasteiger partial charge in [-0.2, -0.15) is 5.26 Å². The summed E-state index contributed by atoms with van der Waals surface area (Å²) in [7, 11) is 0. The van der Waals surface area contributed by atoms with Crippen LogP contribution in [0.4, 0.5) is 0 Å². The van der Waals surface area contributed by atoms with Crippen molar-refractivity contribution in [3.63, 3.8) is 0 Å². The van der Waals surface area contributed by atoms with Crippen molar-refractivity contribution in [1.29, 1.82) is 5.26 Å². The minimum absolute atomic E-state index is 0.117. The predicted octanol–water partition coefficient (Wildman–Crippen LogP) is 1.08. The Hall–Kier alpha value is -2.42. The van der Waals surface area contributed by atoms with Crippen molar-refractivity contribution in [3.8, 4) is 6.07 Å². The minimum Gasteiger partial charge on any atom is -0.480 e. The fraction of sp³-hybridized carbons (Fsp3) is 0.385. The molecule has 1 aromatic heterocycles. The summed E-state index contributed by atoms with van der Waals surface area (Å²) >= 11 is 0. The third-order valence-electron chi connectivity index (χ3n) is 3.34. The number of carbonyl (C=O) groups is 2. The van der Waals surface area contributed by atoms with Crippen LogP contribution in [0.2, 0.25) is 0 Å². The Bertz CT molecular complexity index is 539. The van der Waals surface area contributed by atoms with Gasteiger partial charge in [-0.3, -0.25) is 4.79 Å². The van der Waals surface area contributed by atoms with E-state index in [4.69, 9.17) is 5.26 Å². The Labute approximate surface area is 110 Å². The molecule has 0 radical (unpaired) electrons. The van der Waals surface area contributed by atoms with Crippen LogP contribution in [0.1, 0.15) is 41.7 Å². The smallest absolute Gasteiger partial charge is 0.329 e. The lowest BCUT2D eigenvalue weighted by Gasteiger charge is -2.24. The number of carbonyl (C=O) groups excluding carboxylic acids is 1. The van der Waals surface area contributed by atoms with E-state index >= 15 is 0 Å². The molecule has 1 fully saturated rings. The van der Waals surface area contributed by atoms with Crippen molar-refractivity contribution in [3.05, 3.63) is 29.6 Å². The zero-order chi connectivity index (χ0) is 13.9. The fourth-order valence-electron chi connectivity index (χ4n) is 2.25. The second kappa shape index (κ2) is 5.06. The second-order valence-corrected chi connectivity index (χ2v) is 4.59. The molecule has 1 heterocycles. The van der Waals surface area contributed by atoms with Gasteiger partial charge >= 0.3 is 5.97 Å². The van der Waals surface area contributed by atoms with Crippen molar-refractivity contribution in [2.24, 2.45) is 0 Å². The second-order valence-electron chi connectivity index (χ2n) is 4.59. The Morgan fingerprint density at radius 2 is 2.05 bits per heavy atom. The molecule has 0 aromatic carbocycles. The van der Waals surface area contributed by atoms with Gasteiger partial charge in [0.1, 0.15) is 17.3 Å². The largest absolute Gasteiger partial charge is 0.480 e. The number of rotatable bonds is 3. The Kier molecular flexibility index (Phi) is 3.47. The standard InChI is InChI=1S/C13H13N3O3/c14-7-9-3-4-10(15-8-9)11(17)16-13(12(18)19)5-1-2-6-13/h3-4,8H,1-2,5-6H2,(H,16,17)(H,18,19). The van der Waals surface area contributed by atoms with Crippen molar-refractivity contribution in [2.75, 3.05) is 0 Å². The van der Waals surface area contributed by atoms with Gasteiger partial charge in [0.15, 0.2) is 0 Å². The highest BCUT2D eigenvalue weighted by molar-refractivity contribution is 5.96. The molecule has 1 amide bonds. The number of nitrogens with one attached hydrogen (secondary N) is 1. The third kappa shape index (κ3) is 2.55. The molecule has 0 saturated heterocycles. The van der Waals surface area contributed by atoms with Crippen LogP contribution in [0.15, 0.2) is 18.3 Å². The molecule has 0 unspecified atom stereocenters. The van der Waals surface area contributed by atoms with E-state index in [0.29, 0.717) is 18.4 Å². The Morgan fingerprint density at radius 1 is 1.37 bits per heavy atom. The summed E-state index contributed by atoms with van der Waals surface area (Å²) in [5.74, 6) is -1.53. The summed E-state index contributed by atoms with van der Waals surface area (Å²) in [6.45, 7) is 0. The van der Waals surface area contributed by atoms with Gasteiger partial charge in [-0.15, -0.1) is 0 Å². The molecule has 1 saturated carbocycles. The fourth-order valence-corrected chi connectivity index (χ4v) is 2.25. The number of nitriles is 1. The summed E-state index contributed by atoms with van der Waals surface area (Å²) in [6, 6.07) is 4.79. The lowest BCUT2D eigenvalue weighted by Crippen LogP contribution is -2.52. The number of hydrogen-bond donors (Lipinski definition) is 2. The molecule has 1 aliphatic rings. The normalized spacial score (nSPS) is 16.6. The molecular weight excluding hydrogens is 246 g/mol. The molecule has 19 heavy (non-hydrogen) atoms. The molecule has 2 N–H and O–H groups in total. The Morgan fingerprint density at radius 3 is 2.53 bits per heavy atom. The average Bonchev–Trinajstić information content (AvgIpc) is 2.88. The van der Waals surface area contributed by atoms with Crippen LogP contribution in [0, 0.1) is 11.3 Å². The quantitative estimate of drug-likeness (QED) is 0.845. The maximum Gasteiger partial charge on any atom is 0.329 e. The van der Waals surface area contributed by atoms with E-state index in [-0.39, 0.29) is 5.69 Å². The molecule has 0 atom stereocenters. The van der Waals surface area contributed by atoms with Gasteiger partial charge < -0.3 is 10.4 Å². The van der Waals surface area contributed by atoms with Crippen LogP contribution in [0.25, 0.3) is 0 Å². The predicted molar refractivity (Wildman–Crippen MR) is 65.3 cm³/mol. The van der Waals surface area contributed by atoms with Crippen LogP contribution in [0.3, 0.4) is 0 Å². The van der Waals surface area contributed by atoms with Gasteiger partial charge in [-0.1, -0.05) is 12.8 Å². The summed E-state index contributed by atoms with van der Waals surface area (Å²) in [4.78, 5) is 27.2. The maximum absolute atomic E-state index is 12.0.